The number of nitrogens with zero attached hydrogens (tertiary/aromatic N) is 2. The standard InChI is InChI=1S/C14H14N2O2S/c1-11-4-2-6-13(8-11)19(17,18)16-9-12-5-3-7-15-14(12)10-16/h2-8H,9-10H2,1H3. The second kappa shape index (κ2) is 4.43. The van der Waals surface area contributed by atoms with E-state index < -0.39 is 10.0 Å². The molecule has 0 amide bonds. The van der Waals surface area contributed by atoms with Gasteiger partial charge in [-0.25, -0.2) is 8.42 Å². The molecule has 19 heavy (non-hydrogen) atoms. The minimum absolute atomic E-state index is 0.348. The molecule has 98 valence electrons. The van der Waals surface area contributed by atoms with Crippen molar-refractivity contribution in [2.45, 2.75) is 24.9 Å². The van der Waals surface area contributed by atoms with Crippen molar-refractivity contribution in [3.05, 3.63) is 59.4 Å². The fraction of sp³-hybridized carbons (Fsp3) is 0.214. The highest BCUT2D eigenvalue weighted by Gasteiger charge is 2.31. The molecule has 4 nitrogen and oxygen atoms in total. The Morgan fingerprint density at radius 3 is 2.74 bits per heavy atom. The first-order valence-electron chi connectivity index (χ1n) is 6.07. The van der Waals surface area contributed by atoms with Crippen LogP contribution < -0.4 is 0 Å². The maximum Gasteiger partial charge on any atom is 0.243 e. The van der Waals surface area contributed by atoms with Gasteiger partial charge in [-0.1, -0.05) is 18.2 Å². The lowest BCUT2D eigenvalue weighted by atomic mass is 10.2. The molecule has 1 aromatic heterocycles. The van der Waals surface area contributed by atoms with E-state index in [9.17, 15) is 8.42 Å². The van der Waals surface area contributed by atoms with Gasteiger partial charge in [-0.2, -0.15) is 4.31 Å². The van der Waals surface area contributed by atoms with Crippen LogP contribution in [-0.4, -0.2) is 17.7 Å². The van der Waals surface area contributed by atoms with E-state index in [1.807, 2.05) is 25.1 Å². The normalized spacial score (nSPS) is 15.4. The number of fused-ring (bicyclic) bond motifs is 1. The molecular weight excluding hydrogens is 260 g/mol. The molecular formula is C14H14N2O2S. The monoisotopic (exact) mass is 274 g/mol. The van der Waals surface area contributed by atoms with E-state index >= 15 is 0 Å². The molecule has 1 aliphatic heterocycles. The summed E-state index contributed by atoms with van der Waals surface area (Å²) in [4.78, 5) is 4.58. The lowest BCUT2D eigenvalue weighted by Gasteiger charge is -2.15. The van der Waals surface area contributed by atoms with E-state index in [-0.39, 0.29) is 0 Å². The number of pyridine rings is 1. The van der Waals surface area contributed by atoms with Gasteiger partial charge < -0.3 is 0 Å². The van der Waals surface area contributed by atoms with Crippen LogP contribution in [0.2, 0.25) is 0 Å². The quantitative estimate of drug-likeness (QED) is 0.842. The van der Waals surface area contributed by atoms with Gasteiger partial charge in [0.1, 0.15) is 0 Å². The van der Waals surface area contributed by atoms with Crippen molar-refractivity contribution in [2.75, 3.05) is 0 Å². The number of aryl methyl sites for hydroxylation is 1. The zero-order valence-electron chi connectivity index (χ0n) is 10.6. The van der Waals surface area contributed by atoms with Gasteiger partial charge in [0, 0.05) is 12.7 Å². The maximum absolute atomic E-state index is 12.6. The topological polar surface area (TPSA) is 50.3 Å². The molecule has 1 aliphatic rings. The fourth-order valence-corrected chi connectivity index (χ4v) is 3.75. The average Bonchev–Trinajstić information content (AvgIpc) is 2.83. The minimum Gasteiger partial charge on any atom is -0.260 e. The second-order valence-electron chi connectivity index (χ2n) is 4.70. The van der Waals surface area contributed by atoms with Gasteiger partial charge >= 0.3 is 0 Å². The van der Waals surface area contributed by atoms with Crippen molar-refractivity contribution in [2.24, 2.45) is 0 Å². The van der Waals surface area contributed by atoms with Crippen molar-refractivity contribution >= 4 is 10.0 Å². The highest BCUT2D eigenvalue weighted by molar-refractivity contribution is 7.89. The van der Waals surface area contributed by atoms with E-state index in [0.29, 0.717) is 18.0 Å². The first kappa shape index (κ1) is 12.3. The molecule has 0 fully saturated rings. The Hall–Kier alpha value is -1.72. The summed E-state index contributed by atoms with van der Waals surface area (Å²) in [6.07, 6.45) is 1.70. The molecule has 1 aromatic carbocycles. The van der Waals surface area contributed by atoms with Crippen LogP contribution in [0.3, 0.4) is 0 Å². The summed E-state index contributed by atoms with van der Waals surface area (Å²) in [7, 11) is -3.44. The van der Waals surface area contributed by atoms with Crippen LogP contribution in [0, 0.1) is 6.92 Å². The second-order valence-corrected chi connectivity index (χ2v) is 6.64. The van der Waals surface area contributed by atoms with Crippen molar-refractivity contribution < 1.29 is 8.42 Å². The van der Waals surface area contributed by atoms with Crippen molar-refractivity contribution in [1.82, 2.24) is 9.29 Å². The lowest BCUT2D eigenvalue weighted by Crippen LogP contribution is -2.25. The largest absolute Gasteiger partial charge is 0.260 e. The van der Waals surface area contributed by atoms with Crippen LogP contribution in [0.4, 0.5) is 0 Å². The highest BCUT2D eigenvalue weighted by Crippen LogP contribution is 2.27. The fourth-order valence-electron chi connectivity index (χ4n) is 2.27. The number of aromatic nitrogens is 1. The highest BCUT2D eigenvalue weighted by atomic mass is 32.2. The SMILES string of the molecule is Cc1cccc(S(=O)(=O)N2Cc3cccnc3C2)c1. The van der Waals surface area contributed by atoms with Gasteiger partial charge in [-0.05, 0) is 36.2 Å². The third-order valence-electron chi connectivity index (χ3n) is 3.28. The Morgan fingerprint density at radius 1 is 1.16 bits per heavy atom. The number of hydrogen-bond donors (Lipinski definition) is 0. The van der Waals surface area contributed by atoms with Crippen LogP contribution in [-0.2, 0) is 23.1 Å². The Bertz CT molecular complexity index is 701. The Labute approximate surface area is 112 Å². The Morgan fingerprint density at radius 2 is 2.00 bits per heavy atom. The molecule has 5 heteroatoms. The predicted molar refractivity (Wildman–Crippen MR) is 71.8 cm³/mol. The predicted octanol–water partition coefficient (Wildman–Crippen LogP) is 2.09. The van der Waals surface area contributed by atoms with Crippen LogP contribution in [0.1, 0.15) is 16.8 Å². The summed E-state index contributed by atoms with van der Waals surface area (Å²) in [5.74, 6) is 0. The third kappa shape index (κ3) is 2.15. The van der Waals surface area contributed by atoms with Crippen LogP contribution in [0.25, 0.3) is 0 Å². The smallest absolute Gasteiger partial charge is 0.243 e. The lowest BCUT2D eigenvalue weighted by molar-refractivity contribution is 0.429. The molecule has 2 aromatic rings. The van der Waals surface area contributed by atoms with Crippen LogP contribution in [0.5, 0.6) is 0 Å². The first-order chi connectivity index (χ1) is 9.07. The van der Waals surface area contributed by atoms with E-state index in [0.717, 1.165) is 16.8 Å². The summed E-state index contributed by atoms with van der Waals surface area (Å²) < 4.78 is 26.6. The summed E-state index contributed by atoms with van der Waals surface area (Å²) in [5, 5.41) is 0. The van der Waals surface area contributed by atoms with Crippen molar-refractivity contribution in [1.29, 1.82) is 0 Å². The molecule has 0 unspecified atom stereocenters. The van der Waals surface area contributed by atoms with E-state index in [1.165, 1.54) is 4.31 Å². The minimum atomic E-state index is -3.44. The van der Waals surface area contributed by atoms with Gasteiger partial charge in [0.15, 0.2) is 0 Å². The number of benzene rings is 1. The van der Waals surface area contributed by atoms with Crippen molar-refractivity contribution in [3.63, 3.8) is 0 Å². The maximum atomic E-state index is 12.6. The van der Waals surface area contributed by atoms with Gasteiger partial charge in [-0.15, -0.1) is 0 Å². The third-order valence-corrected chi connectivity index (χ3v) is 5.07. The van der Waals surface area contributed by atoms with Gasteiger partial charge in [0.05, 0.1) is 17.1 Å². The zero-order valence-corrected chi connectivity index (χ0v) is 11.4. The molecule has 0 aliphatic carbocycles. The zero-order chi connectivity index (χ0) is 13.5. The summed E-state index contributed by atoms with van der Waals surface area (Å²) in [6, 6.07) is 10.8. The van der Waals surface area contributed by atoms with Crippen molar-refractivity contribution in [3.8, 4) is 0 Å². The van der Waals surface area contributed by atoms with Crippen LogP contribution >= 0.6 is 0 Å². The first-order valence-corrected chi connectivity index (χ1v) is 7.51. The summed E-state index contributed by atoms with van der Waals surface area (Å²) >= 11 is 0. The molecule has 0 radical (unpaired) electrons. The number of hydrogen-bond acceptors (Lipinski definition) is 3. The van der Waals surface area contributed by atoms with Gasteiger partial charge in [0.25, 0.3) is 0 Å². The van der Waals surface area contributed by atoms with E-state index in [2.05, 4.69) is 4.98 Å². The van der Waals surface area contributed by atoms with Gasteiger partial charge in [0.2, 0.25) is 10.0 Å². The average molecular weight is 274 g/mol. The molecule has 0 N–H and O–H groups in total. The molecule has 0 bridgehead atoms. The molecule has 2 heterocycles. The molecule has 0 spiro atoms. The van der Waals surface area contributed by atoms with E-state index in [4.69, 9.17) is 0 Å². The summed E-state index contributed by atoms with van der Waals surface area (Å²) in [5.41, 5.74) is 2.77. The summed E-state index contributed by atoms with van der Waals surface area (Å²) in [6.45, 7) is 2.64. The molecule has 3 rings (SSSR count). The molecule has 0 saturated carbocycles. The Kier molecular flexibility index (Phi) is 2.88. The number of rotatable bonds is 2. The van der Waals surface area contributed by atoms with Gasteiger partial charge in [-0.3, -0.25) is 4.98 Å². The van der Waals surface area contributed by atoms with Crippen LogP contribution in [0.15, 0.2) is 47.5 Å². The Balaban J connectivity index is 1.96. The number of sulfonamides is 1. The molecule has 0 saturated heterocycles. The molecule has 0 atom stereocenters. The van der Waals surface area contributed by atoms with E-state index in [1.54, 1.807) is 24.4 Å².